The minimum atomic E-state index is -0.675. The van der Waals surface area contributed by atoms with Gasteiger partial charge in [-0.1, -0.05) is 0 Å². The molecule has 2 N–H and O–H groups in total. The summed E-state index contributed by atoms with van der Waals surface area (Å²) in [7, 11) is 0. The summed E-state index contributed by atoms with van der Waals surface area (Å²) in [5.41, 5.74) is 1.77. The zero-order chi connectivity index (χ0) is 20.5. The second-order valence-electron chi connectivity index (χ2n) is 8.22. The molecule has 3 saturated heterocycles. The molecule has 2 bridgehead atoms. The molecule has 0 saturated carbocycles. The van der Waals surface area contributed by atoms with Crippen LogP contribution in [0.5, 0.6) is 0 Å². The number of urea groups is 1. The lowest BCUT2D eigenvalue weighted by atomic mass is 10.0. The summed E-state index contributed by atoms with van der Waals surface area (Å²) in [6.07, 6.45) is 0.184. The van der Waals surface area contributed by atoms with E-state index in [9.17, 15) is 19.6 Å². The fourth-order valence-electron chi connectivity index (χ4n) is 3.51. The van der Waals surface area contributed by atoms with E-state index in [-0.39, 0.29) is 12.6 Å². The molecule has 0 aromatic heterocycles. The average Bonchev–Trinajstić information content (AvgIpc) is 2.85. The van der Waals surface area contributed by atoms with Crippen molar-refractivity contribution in [2.45, 2.75) is 57.4 Å². The molecule has 158 valence electrons. The maximum absolute atomic E-state index is 12.4. The van der Waals surface area contributed by atoms with Gasteiger partial charge >= 0.3 is 12.1 Å². The second kappa shape index (κ2) is 8.10. The average molecular weight is 400 g/mol. The van der Waals surface area contributed by atoms with Crippen LogP contribution in [-0.2, 0) is 19.1 Å². The van der Waals surface area contributed by atoms with E-state index in [1.54, 1.807) is 25.7 Å². The van der Waals surface area contributed by atoms with E-state index in [0.717, 1.165) is 0 Å². The van der Waals surface area contributed by atoms with Crippen LogP contribution in [0, 0.1) is 0 Å². The Labute approximate surface area is 163 Å². The van der Waals surface area contributed by atoms with Crippen LogP contribution in [0.15, 0.2) is 0 Å². The fourth-order valence-corrected chi connectivity index (χ4v) is 3.51. The topological polar surface area (TPSA) is 121 Å². The normalized spacial score (nSPS) is 27.8. The number of hydrogen-bond acceptors (Lipinski definition) is 7. The number of hydrogen-bond donors (Lipinski definition) is 2. The molecule has 4 amide bonds. The van der Waals surface area contributed by atoms with Crippen molar-refractivity contribution in [3.63, 3.8) is 0 Å². The Morgan fingerprint density at radius 3 is 2.75 bits per heavy atom. The van der Waals surface area contributed by atoms with Crippen molar-refractivity contribution in [3.8, 4) is 0 Å². The molecule has 11 nitrogen and oxygen atoms in total. The molecule has 3 heterocycles. The number of rotatable bonds is 4. The predicted molar refractivity (Wildman–Crippen MR) is 94.2 cm³/mol. The van der Waals surface area contributed by atoms with Crippen molar-refractivity contribution < 1.29 is 33.9 Å². The first-order chi connectivity index (χ1) is 13.2. The van der Waals surface area contributed by atoms with Crippen molar-refractivity contribution in [3.05, 3.63) is 0 Å². The quantitative estimate of drug-likeness (QED) is 0.515. The Morgan fingerprint density at radius 2 is 2.04 bits per heavy atom. The number of carbonyl (C=O) groups excluding carboxylic acids is 3. The largest absolute Gasteiger partial charge is 0.444 e. The first kappa shape index (κ1) is 20.6. The first-order valence-corrected chi connectivity index (χ1v) is 9.45. The minimum absolute atomic E-state index is 0.0560. The van der Waals surface area contributed by atoms with Crippen LogP contribution in [0.3, 0.4) is 0 Å². The van der Waals surface area contributed by atoms with Crippen molar-refractivity contribution >= 4 is 18.0 Å². The highest BCUT2D eigenvalue weighted by Gasteiger charge is 2.46. The van der Waals surface area contributed by atoms with E-state index in [1.807, 2.05) is 0 Å². The summed E-state index contributed by atoms with van der Waals surface area (Å²) in [6.45, 7) is 6.85. The van der Waals surface area contributed by atoms with Crippen molar-refractivity contribution in [1.29, 1.82) is 0 Å². The highest BCUT2D eigenvalue weighted by Crippen LogP contribution is 2.28. The molecule has 3 aliphatic rings. The van der Waals surface area contributed by atoms with E-state index in [1.165, 1.54) is 4.90 Å². The number of hydroxylamine groups is 3. The maximum atomic E-state index is 12.4. The van der Waals surface area contributed by atoms with Gasteiger partial charge in [0.15, 0.2) is 0 Å². The summed E-state index contributed by atoms with van der Waals surface area (Å²) in [5.74, 6) is -0.443. The van der Waals surface area contributed by atoms with Crippen LogP contribution in [0.1, 0.15) is 33.6 Å². The standard InChI is InChI=1S/C17H28N4O7/c1-17(2,3)28-16(24)19-6-7-26-12(9-19)10-27-18-14(22)13-5-4-11-8-20(13)15(23)21(11)25/h11-13,25H,4-10H2,1-3H3,(H,18,22)/t11-,12?,13+/m1/s1. The van der Waals surface area contributed by atoms with Crippen LogP contribution in [0.25, 0.3) is 0 Å². The molecule has 0 spiro atoms. The molecule has 1 unspecified atom stereocenters. The molecular weight excluding hydrogens is 372 g/mol. The molecular formula is C17H28N4O7. The number of amides is 4. The highest BCUT2D eigenvalue weighted by molar-refractivity contribution is 5.87. The van der Waals surface area contributed by atoms with Crippen LogP contribution < -0.4 is 5.48 Å². The van der Waals surface area contributed by atoms with E-state index in [0.29, 0.717) is 44.1 Å². The van der Waals surface area contributed by atoms with Gasteiger partial charge in [-0.15, -0.1) is 0 Å². The van der Waals surface area contributed by atoms with Crippen molar-refractivity contribution in [2.24, 2.45) is 0 Å². The monoisotopic (exact) mass is 400 g/mol. The van der Waals surface area contributed by atoms with Gasteiger partial charge in [0.25, 0.3) is 5.91 Å². The SMILES string of the molecule is CC(C)(C)OC(=O)N1CCOC(CONC(=O)[C@@H]2CC[C@@H]3CN2C(=O)N3O)C1. The molecule has 0 aromatic carbocycles. The minimum Gasteiger partial charge on any atom is -0.444 e. The summed E-state index contributed by atoms with van der Waals surface area (Å²) in [5, 5.41) is 10.4. The summed E-state index contributed by atoms with van der Waals surface area (Å²) in [6, 6.07) is -1.50. The van der Waals surface area contributed by atoms with Gasteiger partial charge in [-0.2, -0.15) is 0 Å². The highest BCUT2D eigenvalue weighted by atomic mass is 16.7. The zero-order valence-electron chi connectivity index (χ0n) is 16.4. The number of fused-ring (bicyclic) bond motifs is 2. The molecule has 28 heavy (non-hydrogen) atoms. The molecule has 0 aliphatic carbocycles. The summed E-state index contributed by atoms with van der Waals surface area (Å²) < 4.78 is 10.9. The Balaban J connectivity index is 1.43. The van der Waals surface area contributed by atoms with Gasteiger partial charge in [0, 0.05) is 13.1 Å². The smallest absolute Gasteiger partial charge is 0.410 e. The Kier molecular flexibility index (Phi) is 5.96. The summed E-state index contributed by atoms with van der Waals surface area (Å²) in [4.78, 5) is 44.6. The van der Waals surface area contributed by atoms with Crippen LogP contribution in [0.2, 0.25) is 0 Å². The predicted octanol–water partition coefficient (Wildman–Crippen LogP) is 0.328. The molecule has 0 radical (unpaired) electrons. The lowest BCUT2D eigenvalue weighted by Crippen LogP contribution is -2.51. The molecule has 0 aromatic rings. The van der Waals surface area contributed by atoms with E-state index >= 15 is 0 Å². The van der Waals surface area contributed by atoms with Gasteiger partial charge in [-0.05, 0) is 33.6 Å². The van der Waals surface area contributed by atoms with E-state index < -0.39 is 35.8 Å². The van der Waals surface area contributed by atoms with Gasteiger partial charge < -0.3 is 19.3 Å². The third-order valence-corrected chi connectivity index (χ3v) is 4.88. The third-order valence-electron chi connectivity index (χ3n) is 4.88. The van der Waals surface area contributed by atoms with E-state index in [2.05, 4.69) is 5.48 Å². The number of ether oxygens (including phenoxy) is 2. The fraction of sp³-hybridized carbons (Fsp3) is 0.824. The van der Waals surface area contributed by atoms with Gasteiger partial charge in [0.05, 0.1) is 19.2 Å². The van der Waals surface area contributed by atoms with Gasteiger partial charge in [0.1, 0.15) is 24.4 Å². The van der Waals surface area contributed by atoms with E-state index in [4.69, 9.17) is 14.3 Å². The number of morpholine rings is 1. The molecule has 3 atom stereocenters. The lowest BCUT2D eigenvalue weighted by Gasteiger charge is -2.34. The maximum Gasteiger partial charge on any atom is 0.410 e. The van der Waals surface area contributed by atoms with Crippen molar-refractivity contribution in [1.82, 2.24) is 20.3 Å². The van der Waals surface area contributed by atoms with Gasteiger partial charge in [-0.25, -0.2) is 20.1 Å². The summed E-state index contributed by atoms with van der Waals surface area (Å²) >= 11 is 0. The first-order valence-electron chi connectivity index (χ1n) is 9.45. The second-order valence-corrected chi connectivity index (χ2v) is 8.22. The molecule has 3 fully saturated rings. The van der Waals surface area contributed by atoms with Crippen LogP contribution in [-0.4, -0.2) is 94.7 Å². The Bertz CT molecular complexity index is 623. The number of nitrogens with zero attached hydrogens (tertiary/aromatic N) is 3. The molecule has 11 heteroatoms. The number of piperidine rings is 1. The molecule has 3 aliphatic heterocycles. The van der Waals surface area contributed by atoms with Crippen LogP contribution in [0.4, 0.5) is 9.59 Å². The van der Waals surface area contributed by atoms with Gasteiger partial charge in [0.2, 0.25) is 0 Å². The van der Waals surface area contributed by atoms with Crippen molar-refractivity contribution in [2.75, 3.05) is 32.8 Å². The van der Waals surface area contributed by atoms with Crippen LogP contribution >= 0.6 is 0 Å². The Hall–Kier alpha value is -2.11. The lowest BCUT2D eigenvalue weighted by molar-refractivity contribution is -0.145. The Morgan fingerprint density at radius 1 is 1.29 bits per heavy atom. The number of carbonyl (C=O) groups is 3. The molecule has 3 rings (SSSR count). The third kappa shape index (κ3) is 4.65. The zero-order valence-corrected chi connectivity index (χ0v) is 16.4. The van der Waals surface area contributed by atoms with Gasteiger partial charge in [-0.3, -0.25) is 14.8 Å². The number of nitrogens with one attached hydrogen (secondary N) is 1.